The number of likely N-dealkylation sites (tertiary alicyclic amines) is 1. The number of hydrogen-bond donors (Lipinski definition) is 1. The van der Waals surface area contributed by atoms with Crippen molar-refractivity contribution in [3.63, 3.8) is 0 Å². The van der Waals surface area contributed by atoms with Crippen LogP contribution in [0.1, 0.15) is 41.5 Å². The van der Waals surface area contributed by atoms with Crippen LogP contribution >= 0.6 is 12.2 Å². The first-order valence-electron chi connectivity index (χ1n) is 14.2. The molecule has 1 amide bonds. The van der Waals surface area contributed by atoms with Crippen LogP contribution in [-0.2, 0) is 11.3 Å². The number of nitrogens with one attached hydrogen (secondary N) is 1. The Kier molecular flexibility index (Phi) is 7.87. The highest BCUT2D eigenvalue weighted by molar-refractivity contribution is 7.80. The number of carbonyl (C=O) groups is 1. The third kappa shape index (κ3) is 5.63. The lowest BCUT2D eigenvalue weighted by Crippen LogP contribution is -2.50. The number of methoxy groups -OCH3 is 2. The molecule has 9 heteroatoms. The summed E-state index contributed by atoms with van der Waals surface area (Å²) in [5, 5.41) is 4.03. The van der Waals surface area contributed by atoms with Gasteiger partial charge in [0.05, 0.1) is 25.9 Å². The summed E-state index contributed by atoms with van der Waals surface area (Å²) in [5.41, 5.74) is 5.72. The van der Waals surface area contributed by atoms with Gasteiger partial charge >= 0.3 is 6.09 Å². The first-order valence-corrected chi connectivity index (χ1v) is 14.6. The van der Waals surface area contributed by atoms with Gasteiger partial charge in [0.15, 0.2) is 5.11 Å². The Labute approximate surface area is 246 Å². The van der Waals surface area contributed by atoms with Gasteiger partial charge in [-0.15, -0.1) is 0 Å². The van der Waals surface area contributed by atoms with Gasteiger partial charge in [-0.3, -0.25) is 0 Å². The van der Waals surface area contributed by atoms with E-state index in [1.54, 1.807) is 14.2 Å². The molecule has 1 aliphatic carbocycles. The fraction of sp³-hybridized carbons (Fsp3) is 0.375. The Hall–Kier alpha value is -3.98. The van der Waals surface area contributed by atoms with Gasteiger partial charge in [-0.25, -0.2) is 4.79 Å². The second-order valence-corrected chi connectivity index (χ2v) is 11.1. The second kappa shape index (κ2) is 11.9. The molecule has 0 aromatic heterocycles. The number of amides is 1. The molecule has 3 aliphatic rings. The van der Waals surface area contributed by atoms with Crippen molar-refractivity contribution in [3.8, 4) is 11.5 Å². The molecule has 2 atom stereocenters. The third-order valence-electron chi connectivity index (χ3n) is 8.49. The number of rotatable bonds is 6. The maximum atomic E-state index is 13.0. The molecule has 8 nitrogen and oxygen atoms in total. The average molecular weight is 573 g/mol. The molecule has 2 saturated heterocycles. The van der Waals surface area contributed by atoms with Crippen LogP contribution in [0.5, 0.6) is 11.5 Å². The topological polar surface area (TPSA) is 66.5 Å². The zero-order valence-electron chi connectivity index (χ0n) is 23.5. The van der Waals surface area contributed by atoms with Gasteiger partial charge in [-0.2, -0.15) is 0 Å². The molecule has 41 heavy (non-hydrogen) atoms. The van der Waals surface area contributed by atoms with E-state index in [4.69, 9.17) is 26.4 Å². The van der Waals surface area contributed by atoms with Gasteiger partial charge in [0.1, 0.15) is 18.1 Å². The van der Waals surface area contributed by atoms with Crippen molar-refractivity contribution in [3.05, 3.63) is 83.4 Å². The lowest BCUT2D eigenvalue weighted by molar-refractivity contribution is 0.0694. The highest BCUT2D eigenvalue weighted by Crippen LogP contribution is 2.50. The molecule has 2 heterocycles. The average Bonchev–Trinajstić information content (AvgIpc) is 3.31. The van der Waals surface area contributed by atoms with Crippen LogP contribution in [-0.4, -0.2) is 67.9 Å². The van der Waals surface area contributed by atoms with Gasteiger partial charge < -0.3 is 34.2 Å². The molecule has 1 N–H and O–H groups in total. The van der Waals surface area contributed by atoms with Crippen molar-refractivity contribution in [1.82, 2.24) is 9.80 Å². The standard InChI is InChI=1S/C32H36N4O4S/c1-38-25-9-11-28(30(20-25)39-2)33-31(41)35-16-14-34(15-17-35)24-8-10-26-27(19-24)23-12-13-36(29(26)18-23)32(37)40-21-22-6-4-3-5-7-22/h3-11,19-20,23,29H,12-18,21H2,1-2H3,(H,33,41)/t23-,29+/m1/s1. The normalized spacial score (nSPS) is 19.4. The van der Waals surface area contributed by atoms with E-state index in [2.05, 4.69) is 33.3 Å². The number of piperazine rings is 1. The van der Waals surface area contributed by atoms with Gasteiger partial charge in [0.25, 0.3) is 0 Å². The number of carbonyl (C=O) groups excluding carboxylic acids is 1. The fourth-order valence-electron chi connectivity index (χ4n) is 6.24. The largest absolute Gasteiger partial charge is 0.497 e. The highest BCUT2D eigenvalue weighted by Gasteiger charge is 2.41. The highest BCUT2D eigenvalue weighted by atomic mass is 32.1. The molecule has 0 radical (unpaired) electrons. The molecule has 0 saturated carbocycles. The van der Waals surface area contributed by atoms with Crippen molar-refractivity contribution >= 4 is 34.8 Å². The minimum absolute atomic E-state index is 0.0938. The predicted octanol–water partition coefficient (Wildman–Crippen LogP) is 5.79. The Morgan fingerprint density at radius 3 is 2.49 bits per heavy atom. The number of hydrogen-bond acceptors (Lipinski definition) is 6. The van der Waals surface area contributed by atoms with Crippen LogP contribution < -0.4 is 19.7 Å². The lowest BCUT2D eigenvalue weighted by atomic mass is 9.95. The summed E-state index contributed by atoms with van der Waals surface area (Å²) in [4.78, 5) is 19.6. The van der Waals surface area contributed by atoms with E-state index in [0.717, 1.165) is 62.6 Å². The van der Waals surface area contributed by atoms with Crippen molar-refractivity contribution < 1.29 is 19.0 Å². The number of nitrogens with zero attached hydrogens (tertiary/aromatic N) is 3. The molecular weight excluding hydrogens is 536 g/mol. The molecule has 2 aliphatic heterocycles. The molecule has 6 rings (SSSR count). The Bertz CT molecular complexity index is 1410. The van der Waals surface area contributed by atoms with Gasteiger partial charge in [0, 0.05) is 44.5 Å². The van der Waals surface area contributed by atoms with E-state index in [1.165, 1.54) is 16.8 Å². The monoisotopic (exact) mass is 572 g/mol. The van der Waals surface area contributed by atoms with E-state index >= 15 is 0 Å². The number of piperidine rings is 1. The van der Waals surface area contributed by atoms with Crippen LogP contribution in [0, 0.1) is 0 Å². The number of anilines is 2. The van der Waals surface area contributed by atoms with E-state index < -0.39 is 0 Å². The van der Waals surface area contributed by atoms with Gasteiger partial charge in [-0.05, 0) is 71.9 Å². The minimum atomic E-state index is -0.220. The van der Waals surface area contributed by atoms with E-state index in [0.29, 0.717) is 23.4 Å². The van der Waals surface area contributed by atoms with Crippen molar-refractivity contribution in [2.75, 3.05) is 57.2 Å². The number of fused-ring (bicyclic) bond motifs is 5. The summed E-state index contributed by atoms with van der Waals surface area (Å²) >= 11 is 5.74. The summed E-state index contributed by atoms with van der Waals surface area (Å²) in [5.74, 6) is 1.92. The van der Waals surface area contributed by atoms with Gasteiger partial charge in [0.2, 0.25) is 0 Å². The molecular formula is C32H36N4O4S. The molecule has 3 aromatic rings. The lowest BCUT2D eigenvalue weighted by Gasteiger charge is -2.37. The summed E-state index contributed by atoms with van der Waals surface area (Å²) in [6, 6.07) is 22.4. The number of benzene rings is 3. The molecule has 214 valence electrons. The Balaban J connectivity index is 1.06. The van der Waals surface area contributed by atoms with E-state index in [1.807, 2.05) is 53.4 Å². The number of ether oxygens (including phenoxy) is 3. The Morgan fingerprint density at radius 1 is 0.927 bits per heavy atom. The molecule has 2 bridgehead atoms. The summed E-state index contributed by atoms with van der Waals surface area (Å²) in [7, 11) is 3.28. The molecule has 0 unspecified atom stereocenters. The smallest absolute Gasteiger partial charge is 0.410 e. The van der Waals surface area contributed by atoms with Crippen molar-refractivity contribution in [2.45, 2.75) is 31.4 Å². The van der Waals surface area contributed by atoms with E-state index in [9.17, 15) is 4.79 Å². The van der Waals surface area contributed by atoms with Crippen molar-refractivity contribution in [2.24, 2.45) is 0 Å². The summed E-state index contributed by atoms with van der Waals surface area (Å²) < 4.78 is 16.5. The zero-order valence-corrected chi connectivity index (χ0v) is 24.4. The quantitative estimate of drug-likeness (QED) is 0.372. The first kappa shape index (κ1) is 27.2. The van der Waals surface area contributed by atoms with Gasteiger partial charge in [-0.1, -0.05) is 36.4 Å². The predicted molar refractivity (Wildman–Crippen MR) is 164 cm³/mol. The maximum absolute atomic E-state index is 13.0. The van der Waals surface area contributed by atoms with Crippen LogP contribution in [0.3, 0.4) is 0 Å². The molecule has 3 aromatic carbocycles. The second-order valence-electron chi connectivity index (χ2n) is 10.8. The summed E-state index contributed by atoms with van der Waals surface area (Å²) in [6.07, 6.45) is 1.72. The van der Waals surface area contributed by atoms with Crippen molar-refractivity contribution in [1.29, 1.82) is 0 Å². The van der Waals surface area contributed by atoms with Crippen LogP contribution in [0.4, 0.5) is 16.2 Å². The Morgan fingerprint density at radius 2 is 1.73 bits per heavy atom. The van der Waals surface area contributed by atoms with Crippen LogP contribution in [0.15, 0.2) is 66.7 Å². The van der Waals surface area contributed by atoms with E-state index in [-0.39, 0.29) is 12.1 Å². The van der Waals surface area contributed by atoms with Crippen LogP contribution in [0.2, 0.25) is 0 Å². The SMILES string of the molecule is COc1ccc(NC(=S)N2CCN(c3ccc4c(c3)[C@@H]3CCN(C(=O)OCc5ccccc5)[C@H]4C3)CC2)c(OC)c1. The minimum Gasteiger partial charge on any atom is -0.497 e. The summed E-state index contributed by atoms with van der Waals surface area (Å²) in [6.45, 7) is 4.45. The molecule has 0 spiro atoms. The zero-order chi connectivity index (χ0) is 28.3. The first-order chi connectivity index (χ1) is 20.0. The maximum Gasteiger partial charge on any atom is 0.410 e. The third-order valence-corrected chi connectivity index (χ3v) is 8.85. The fourth-order valence-corrected chi connectivity index (χ4v) is 6.54. The number of thiocarbonyl (C=S) groups is 1. The molecule has 2 fully saturated rings. The van der Waals surface area contributed by atoms with Crippen LogP contribution in [0.25, 0.3) is 0 Å².